The molecule has 0 spiro atoms. The molecular formula is C15H30N2O. The summed E-state index contributed by atoms with van der Waals surface area (Å²) in [4.78, 5) is 2.75. The van der Waals surface area contributed by atoms with Crippen LogP contribution in [0.15, 0.2) is 0 Å². The quantitative estimate of drug-likeness (QED) is 0.736. The van der Waals surface area contributed by atoms with Crippen molar-refractivity contribution in [3.8, 4) is 0 Å². The number of methoxy groups -OCH3 is 1. The molecular weight excluding hydrogens is 224 g/mol. The topological polar surface area (TPSA) is 24.5 Å². The van der Waals surface area contributed by atoms with Crippen molar-refractivity contribution in [2.45, 2.75) is 57.5 Å². The maximum atomic E-state index is 5.15. The van der Waals surface area contributed by atoms with Crippen molar-refractivity contribution in [1.29, 1.82) is 0 Å². The van der Waals surface area contributed by atoms with E-state index in [0.29, 0.717) is 5.54 Å². The number of piperazine rings is 1. The van der Waals surface area contributed by atoms with E-state index in [2.05, 4.69) is 31.0 Å². The molecule has 1 saturated carbocycles. The van der Waals surface area contributed by atoms with E-state index in [1.54, 1.807) is 7.11 Å². The van der Waals surface area contributed by atoms with Gasteiger partial charge in [-0.15, -0.1) is 0 Å². The fraction of sp³-hybridized carbons (Fsp3) is 1.00. The molecule has 0 bridgehead atoms. The molecule has 1 aliphatic heterocycles. The zero-order valence-corrected chi connectivity index (χ0v) is 12.6. The van der Waals surface area contributed by atoms with Gasteiger partial charge in [-0.2, -0.15) is 0 Å². The first-order chi connectivity index (χ1) is 8.48. The van der Waals surface area contributed by atoms with Gasteiger partial charge in [0.2, 0.25) is 0 Å². The van der Waals surface area contributed by atoms with Gasteiger partial charge in [-0.05, 0) is 58.9 Å². The summed E-state index contributed by atoms with van der Waals surface area (Å²) < 4.78 is 5.15. The van der Waals surface area contributed by atoms with Crippen LogP contribution in [0, 0.1) is 5.92 Å². The number of hydrogen-bond donors (Lipinski definition) is 1. The molecule has 3 nitrogen and oxygen atoms in total. The van der Waals surface area contributed by atoms with Crippen molar-refractivity contribution >= 4 is 0 Å². The van der Waals surface area contributed by atoms with Crippen molar-refractivity contribution in [2.24, 2.45) is 5.92 Å². The molecule has 1 aliphatic carbocycles. The SMILES string of the molecule is COCCCCN1CC(C)(C)NCC1(C)C1CC1. The maximum absolute atomic E-state index is 5.15. The lowest BCUT2D eigenvalue weighted by Gasteiger charge is -2.52. The Bertz CT molecular complexity index is 276. The number of rotatable bonds is 6. The van der Waals surface area contributed by atoms with Gasteiger partial charge in [0, 0.05) is 37.9 Å². The summed E-state index contributed by atoms with van der Waals surface area (Å²) in [6, 6.07) is 0. The number of nitrogens with zero attached hydrogens (tertiary/aromatic N) is 1. The Morgan fingerprint density at radius 3 is 2.56 bits per heavy atom. The zero-order valence-electron chi connectivity index (χ0n) is 12.6. The summed E-state index contributed by atoms with van der Waals surface area (Å²) in [5.41, 5.74) is 0.651. The molecule has 0 amide bonds. The minimum absolute atomic E-state index is 0.260. The van der Waals surface area contributed by atoms with Gasteiger partial charge < -0.3 is 10.1 Å². The van der Waals surface area contributed by atoms with Crippen LogP contribution >= 0.6 is 0 Å². The third kappa shape index (κ3) is 3.25. The number of unbranched alkanes of at least 4 members (excludes halogenated alkanes) is 1. The average molecular weight is 254 g/mol. The highest BCUT2D eigenvalue weighted by atomic mass is 16.5. The molecule has 2 aliphatic rings. The first-order valence-corrected chi connectivity index (χ1v) is 7.47. The highest BCUT2D eigenvalue weighted by Gasteiger charge is 2.49. The molecule has 1 heterocycles. The predicted molar refractivity (Wildman–Crippen MR) is 75.9 cm³/mol. The molecule has 2 fully saturated rings. The Morgan fingerprint density at radius 1 is 1.22 bits per heavy atom. The number of hydrogen-bond acceptors (Lipinski definition) is 3. The van der Waals surface area contributed by atoms with Gasteiger partial charge >= 0.3 is 0 Å². The average Bonchev–Trinajstić information content (AvgIpc) is 3.13. The molecule has 106 valence electrons. The monoisotopic (exact) mass is 254 g/mol. The smallest absolute Gasteiger partial charge is 0.0462 e. The van der Waals surface area contributed by atoms with Crippen molar-refractivity contribution in [2.75, 3.05) is 33.4 Å². The van der Waals surface area contributed by atoms with Crippen molar-refractivity contribution in [3.63, 3.8) is 0 Å². The van der Waals surface area contributed by atoms with Crippen LogP contribution in [0.5, 0.6) is 0 Å². The van der Waals surface area contributed by atoms with Crippen LogP contribution < -0.4 is 5.32 Å². The van der Waals surface area contributed by atoms with Crippen LogP contribution in [0.25, 0.3) is 0 Å². The minimum atomic E-state index is 0.260. The number of ether oxygens (including phenoxy) is 1. The molecule has 1 atom stereocenters. The van der Waals surface area contributed by atoms with Gasteiger partial charge in [0.1, 0.15) is 0 Å². The van der Waals surface area contributed by atoms with E-state index < -0.39 is 0 Å². The van der Waals surface area contributed by atoms with Crippen LogP contribution in [0.4, 0.5) is 0 Å². The Balaban J connectivity index is 1.92. The van der Waals surface area contributed by atoms with E-state index >= 15 is 0 Å². The maximum Gasteiger partial charge on any atom is 0.0462 e. The van der Waals surface area contributed by atoms with Gasteiger partial charge in [-0.25, -0.2) is 0 Å². The molecule has 2 rings (SSSR count). The van der Waals surface area contributed by atoms with Crippen molar-refractivity contribution < 1.29 is 4.74 Å². The third-order valence-corrected chi connectivity index (χ3v) is 4.72. The van der Waals surface area contributed by atoms with Gasteiger partial charge in [0.25, 0.3) is 0 Å². The molecule has 18 heavy (non-hydrogen) atoms. The van der Waals surface area contributed by atoms with Crippen LogP contribution in [0.3, 0.4) is 0 Å². The number of nitrogens with one attached hydrogen (secondary N) is 1. The summed E-state index contributed by atoms with van der Waals surface area (Å²) in [5, 5.41) is 3.74. The largest absolute Gasteiger partial charge is 0.385 e. The Labute approximate surface area is 112 Å². The van der Waals surface area contributed by atoms with Crippen LogP contribution in [0.1, 0.15) is 46.5 Å². The van der Waals surface area contributed by atoms with E-state index in [9.17, 15) is 0 Å². The normalized spacial score (nSPS) is 32.7. The summed E-state index contributed by atoms with van der Waals surface area (Å²) in [6.45, 7) is 11.5. The van der Waals surface area contributed by atoms with Gasteiger partial charge in [0.05, 0.1) is 0 Å². The predicted octanol–water partition coefficient (Wildman–Crippen LogP) is 2.27. The minimum Gasteiger partial charge on any atom is -0.385 e. The second-order valence-corrected chi connectivity index (χ2v) is 6.99. The molecule has 0 aromatic carbocycles. The fourth-order valence-electron chi connectivity index (χ4n) is 3.23. The van der Waals surface area contributed by atoms with Gasteiger partial charge in [-0.3, -0.25) is 4.90 Å². The van der Waals surface area contributed by atoms with Crippen molar-refractivity contribution in [1.82, 2.24) is 10.2 Å². The summed E-state index contributed by atoms with van der Waals surface area (Å²) in [7, 11) is 1.79. The van der Waals surface area contributed by atoms with Gasteiger partial charge in [0.15, 0.2) is 0 Å². The van der Waals surface area contributed by atoms with E-state index in [1.165, 1.54) is 38.8 Å². The van der Waals surface area contributed by atoms with Crippen molar-refractivity contribution in [3.05, 3.63) is 0 Å². The summed E-state index contributed by atoms with van der Waals surface area (Å²) in [5.74, 6) is 0.920. The lowest BCUT2D eigenvalue weighted by Crippen LogP contribution is -2.68. The lowest BCUT2D eigenvalue weighted by molar-refractivity contribution is 0.00959. The Hall–Kier alpha value is -0.120. The Kier molecular flexibility index (Phi) is 4.35. The summed E-state index contributed by atoms with van der Waals surface area (Å²) in [6.07, 6.45) is 5.29. The molecule has 1 N–H and O–H groups in total. The molecule has 1 unspecified atom stereocenters. The first kappa shape index (κ1) is 14.3. The second kappa shape index (κ2) is 5.48. The van der Waals surface area contributed by atoms with Crippen LogP contribution in [-0.4, -0.2) is 49.3 Å². The molecule has 3 heteroatoms. The highest BCUT2D eigenvalue weighted by Crippen LogP contribution is 2.44. The van der Waals surface area contributed by atoms with E-state index in [4.69, 9.17) is 4.74 Å². The molecule has 0 aromatic rings. The second-order valence-electron chi connectivity index (χ2n) is 6.99. The third-order valence-electron chi connectivity index (χ3n) is 4.72. The van der Waals surface area contributed by atoms with E-state index in [1.807, 2.05) is 0 Å². The summed E-state index contributed by atoms with van der Waals surface area (Å²) >= 11 is 0. The van der Waals surface area contributed by atoms with Crippen LogP contribution in [0.2, 0.25) is 0 Å². The lowest BCUT2D eigenvalue weighted by atomic mass is 9.86. The van der Waals surface area contributed by atoms with E-state index in [0.717, 1.165) is 19.1 Å². The molecule has 0 radical (unpaired) electrons. The van der Waals surface area contributed by atoms with E-state index in [-0.39, 0.29) is 5.54 Å². The van der Waals surface area contributed by atoms with Gasteiger partial charge in [-0.1, -0.05) is 0 Å². The molecule has 0 aromatic heterocycles. The Morgan fingerprint density at radius 2 is 1.94 bits per heavy atom. The standard InChI is InChI=1S/C15H30N2O/c1-14(2)12-17(9-5-6-10-18-4)15(3,11-16-14)13-7-8-13/h13,16H,5-12H2,1-4H3. The van der Waals surface area contributed by atoms with Crippen LogP contribution in [-0.2, 0) is 4.74 Å². The first-order valence-electron chi connectivity index (χ1n) is 7.47. The highest BCUT2D eigenvalue weighted by molar-refractivity contribution is 5.06. The molecule has 1 saturated heterocycles. The fourth-order valence-corrected chi connectivity index (χ4v) is 3.23. The zero-order chi connectivity index (χ0) is 13.2.